The molecule has 3 unspecified atom stereocenters. The Hall–Kier alpha value is -2.53. The van der Waals surface area contributed by atoms with Gasteiger partial charge in [-0.05, 0) is 35.9 Å². The lowest BCUT2D eigenvalue weighted by Gasteiger charge is -2.26. The van der Waals surface area contributed by atoms with Gasteiger partial charge in [-0.3, -0.25) is 9.98 Å². The third-order valence-electron chi connectivity index (χ3n) is 4.99. The second-order valence-corrected chi connectivity index (χ2v) is 8.23. The van der Waals surface area contributed by atoms with Crippen LogP contribution in [-0.2, 0) is 0 Å². The van der Waals surface area contributed by atoms with Crippen molar-refractivity contribution < 1.29 is 0 Å². The molecule has 3 atom stereocenters. The van der Waals surface area contributed by atoms with E-state index in [0.717, 1.165) is 17.4 Å². The third-order valence-corrected chi connectivity index (χ3v) is 6.10. The van der Waals surface area contributed by atoms with E-state index in [0.29, 0.717) is 5.25 Å². The van der Waals surface area contributed by atoms with Crippen LogP contribution in [0.15, 0.2) is 78.2 Å². The molecule has 0 amide bonds. The van der Waals surface area contributed by atoms with E-state index in [-0.39, 0.29) is 12.1 Å². The Kier molecular flexibility index (Phi) is 3.82. The minimum absolute atomic E-state index is 0.0535. The minimum Gasteiger partial charge on any atom is -0.341 e. The predicted octanol–water partition coefficient (Wildman–Crippen LogP) is 4.46. The molecule has 4 nitrogen and oxygen atoms in total. The molecule has 0 saturated carbocycles. The third kappa shape index (κ3) is 2.63. The first-order valence-electron chi connectivity index (χ1n) is 8.95. The molecule has 26 heavy (non-hydrogen) atoms. The first kappa shape index (κ1) is 15.7. The quantitative estimate of drug-likeness (QED) is 0.691. The maximum Gasteiger partial charge on any atom is 0.160 e. The van der Waals surface area contributed by atoms with E-state index >= 15 is 0 Å². The van der Waals surface area contributed by atoms with Crippen molar-refractivity contribution in [3.8, 4) is 5.69 Å². The highest BCUT2D eigenvalue weighted by atomic mass is 32.2. The second-order valence-electron chi connectivity index (χ2n) is 6.82. The van der Waals surface area contributed by atoms with Gasteiger partial charge in [-0.1, -0.05) is 43.0 Å². The molecule has 0 aliphatic carbocycles. The van der Waals surface area contributed by atoms with Crippen molar-refractivity contribution in [2.45, 2.75) is 24.3 Å². The maximum atomic E-state index is 5.04. The van der Waals surface area contributed by atoms with Crippen molar-refractivity contribution in [1.82, 2.24) is 14.5 Å². The van der Waals surface area contributed by atoms with Gasteiger partial charge in [0, 0.05) is 36.1 Å². The summed E-state index contributed by atoms with van der Waals surface area (Å²) < 4.78 is 2.19. The average molecular weight is 360 g/mol. The van der Waals surface area contributed by atoms with E-state index in [1.165, 1.54) is 11.3 Å². The SMILES string of the molecule is CC1CN2C(=NC(c3ccccn3)C2c2ccn(-c3ccccc3)c2)S1. The zero-order valence-corrected chi connectivity index (χ0v) is 15.4. The summed E-state index contributed by atoms with van der Waals surface area (Å²) in [7, 11) is 0. The fourth-order valence-corrected chi connectivity index (χ4v) is 4.92. The standard InChI is InChI=1S/C21H20N4S/c1-15-13-25-20(16-10-12-24(14-16)17-7-3-2-4-8-17)19(23-21(25)26-15)18-9-5-6-11-22-18/h2-12,14-15,19-20H,13H2,1H3. The van der Waals surface area contributed by atoms with Gasteiger partial charge >= 0.3 is 0 Å². The largest absolute Gasteiger partial charge is 0.341 e. The van der Waals surface area contributed by atoms with Crippen molar-refractivity contribution >= 4 is 16.9 Å². The summed E-state index contributed by atoms with van der Waals surface area (Å²) in [5.74, 6) is 0. The smallest absolute Gasteiger partial charge is 0.160 e. The number of fused-ring (bicyclic) bond motifs is 1. The van der Waals surface area contributed by atoms with Crippen LogP contribution in [0, 0.1) is 0 Å². The highest BCUT2D eigenvalue weighted by Gasteiger charge is 2.43. The van der Waals surface area contributed by atoms with Crippen LogP contribution in [0.2, 0.25) is 0 Å². The van der Waals surface area contributed by atoms with Crippen LogP contribution >= 0.6 is 11.8 Å². The fourth-order valence-electron chi connectivity index (χ4n) is 3.83. The lowest BCUT2D eigenvalue weighted by molar-refractivity contribution is 0.321. The summed E-state index contributed by atoms with van der Waals surface area (Å²) in [5, 5.41) is 1.74. The minimum atomic E-state index is 0.0535. The van der Waals surface area contributed by atoms with Crippen LogP contribution in [-0.4, -0.2) is 31.4 Å². The van der Waals surface area contributed by atoms with Crippen molar-refractivity contribution in [3.63, 3.8) is 0 Å². The normalized spacial score (nSPS) is 24.6. The van der Waals surface area contributed by atoms with Crippen molar-refractivity contribution in [2.24, 2.45) is 4.99 Å². The highest BCUT2D eigenvalue weighted by molar-refractivity contribution is 8.14. The Balaban J connectivity index is 1.54. The Labute approximate surface area is 157 Å². The molecule has 130 valence electrons. The molecule has 2 aliphatic rings. The molecule has 1 aromatic carbocycles. The number of benzene rings is 1. The summed E-state index contributed by atoms with van der Waals surface area (Å²) >= 11 is 1.88. The van der Waals surface area contributed by atoms with Crippen LogP contribution < -0.4 is 0 Å². The number of aliphatic imine (C=N–C) groups is 1. The first-order valence-corrected chi connectivity index (χ1v) is 9.83. The molecule has 5 heteroatoms. The molecule has 2 aromatic heterocycles. The van der Waals surface area contributed by atoms with E-state index < -0.39 is 0 Å². The topological polar surface area (TPSA) is 33.4 Å². The van der Waals surface area contributed by atoms with Gasteiger partial charge in [0.1, 0.15) is 6.04 Å². The van der Waals surface area contributed by atoms with Crippen LogP contribution in [0.3, 0.4) is 0 Å². The summed E-state index contributed by atoms with van der Waals surface area (Å²) in [6, 6.07) is 19.0. The number of thioether (sulfide) groups is 1. The van der Waals surface area contributed by atoms with Crippen LogP contribution in [0.25, 0.3) is 5.69 Å². The van der Waals surface area contributed by atoms with Gasteiger partial charge in [0.25, 0.3) is 0 Å². The number of aromatic nitrogens is 2. The summed E-state index contributed by atoms with van der Waals surface area (Å²) in [6.07, 6.45) is 6.24. The van der Waals surface area contributed by atoms with Crippen molar-refractivity contribution in [3.05, 3.63) is 84.4 Å². The molecule has 1 saturated heterocycles. The molecule has 0 radical (unpaired) electrons. The van der Waals surface area contributed by atoms with Gasteiger partial charge in [0.05, 0.1) is 11.7 Å². The zero-order chi connectivity index (χ0) is 17.5. The molecule has 5 rings (SSSR count). The Morgan fingerprint density at radius 3 is 2.69 bits per heavy atom. The Bertz CT molecular complexity index is 935. The van der Waals surface area contributed by atoms with Gasteiger partial charge < -0.3 is 9.47 Å². The van der Waals surface area contributed by atoms with E-state index in [2.05, 4.69) is 70.2 Å². The number of hydrogen-bond acceptors (Lipinski definition) is 4. The molecule has 0 spiro atoms. The van der Waals surface area contributed by atoms with Gasteiger partial charge in [0.15, 0.2) is 5.17 Å². The Morgan fingerprint density at radius 2 is 1.88 bits per heavy atom. The first-order chi connectivity index (χ1) is 12.8. The molecular weight excluding hydrogens is 340 g/mol. The number of para-hydroxylation sites is 1. The average Bonchev–Trinajstić information content (AvgIpc) is 3.37. The fraction of sp³-hybridized carbons (Fsp3) is 0.238. The van der Waals surface area contributed by atoms with Crippen molar-refractivity contribution in [2.75, 3.05) is 6.54 Å². The summed E-state index contributed by atoms with van der Waals surface area (Å²) in [4.78, 5) is 12.1. The monoisotopic (exact) mass is 360 g/mol. The van der Waals surface area contributed by atoms with Gasteiger partial charge in [-0.2, -0.15) is 0 Å². The van der Waals surface area contributed by atoms with E-state index in [1.54, 1.807) is 0 Å². The molecular formula is C21H20N4S. The van der Waals surface area contributed by atoms with E-state index in [4.69, 9.17) is 4.99 Å². The van der Waals surface area contributed by atoms with Gasteiger partial charge in [-0.15, -0.1) is 0 Å². The molecule has 4 heterocycles. The van der Waals surface area contributed by atoms with Gasteiger partial charge in [-0.25, -0.2) is 0 Å². The van der Waals surface area contributed by atoms with E-state index in [9.17, 15) is 0 Å². The lowest BCUT2D eigenvalue weighted by Crippen LogP contribution is -2.28. The Morgan fingerprint density at radius 1 is 1.04 bits per heavy atom. The molecule has 0 bridgehead atoms. The van der Waals surface area contributed by atoms with Crippen LogP contribution in [0.4, 0.5) is 0 Å². The number of rotatable bonds is 3. The molecule has 3 aromatic rings. The number of hydrogen-bond donors (Lipinski definition) is 0. The lowest BCUT2D eigenvalue weighted by atomic mass is 9.99. The second kappa shape index (κ2) is 6.32. The van der Waals surface area contributed by atoms with E-state index in [1.807, 2.05) is 36.2 Å². The number of pyridine rings is 1. The summed E-state index contributed by atoms with van der Waals surface area (Å²) in [6.45, 7) is 3.31. The zero-order valence-electron chi connectivity index (χ0n) is 14.6. The number of nitrogens with zero attached hydrogens (tertiary/aromatic N) is 4. The van der Waals surface area contributed by atoms with Crippen molar-refractivity contribution in [1.29, 1.82) is 0 Å². The molecule has 0 N–H and O–H groups in total. The molecule has 1 fully saturated rings. The predicted molar refractivity (Wildman–Crippen MR) is 107 cm³/mol. The van der Waals surface area contributed by atoms with Gasteiger partial charge in [0.2, 0.25) is 0 Å². The highest BCUT2D eigenvalue weighted by Crippen LogP contribution is 2.47. The van der Waals surface area contributed by atoms with Crippen LogP contribution in [0.1, 0.15) is 30.3 Å². The number of amidine groups is 1. The summed E-state index contributed by atoms with van der Waals surface area (Å²) in [5.41, 5.74) is 3.51. The molecule has 2 aliphatic heterocycles. The van der Waals surface area contributed by atoms with Crippen LogP contribution in [0.5, 0.6) is 0 Å². The maximum absolute atomic E-state index is 5.04.